The van der Waals surface area contributed by atoms with Gasteiger partial charge in [-0.15, -0.1) is 0 Å². The zero-order valence-corrected chi connectivity index (χ0v) is 24.6. The van der Waals surface area contributed by atoms with Gasteiger partial charge in [0.05, 0.1) is 18.7 Å². The topological polar surface area (TPSA) is 88.3 Å². The number of allylic oxidation sites excluding steroid dienone is 2. The van der Waals surface area contributed by atoms with Gasteiger partial charge in [-0.1, -0.05) is 38.1 Å². The first-order valence-electron chi connectivity index (χ1n) is 15.1. The Morgan fingerprint density at radius 3 is 2.69 bits per heavy atom. The van der Waals surface area contributed by atoms with Crippen molar-refractivity contribution in [2.24, 2.45) is 0 Å². The monoisotopic (exact) mass is 563 g/mol. The highest BCUT2D eigenvalue weighted by molar-refractivity contribution is 6.01. The molecular formula is C33H37N7O2. The maximum absolute atomic E-state index is 13.6. The van der Waals surface area contributed by atoms with Crippen molar-refractivity contribution in [1.82, 2.24) is 24.2 Å². The van der Waals surface area contributed by atoms with E-state index in [0.29, 0.717) is 41.9 Å². The summed E-state index contributed by atoms with van der Waals surface area (Å²) in [5, 5.41) is 3.86. The Morgan fingerprint density at radius 2 is 1.90 bits per heavy atom. The minimum absolute atomic E-state index is 0.113. The van der Waals surface area contributed by atoms with Crippen LogP contribution in [0.1, 0.15) is 56.2 Å². The molecule has 42 heavy (non-hydrogen) atoms. The van der Waals surface area contributed by atoms with E-state index in [-0.39, 0.29) is 11.5 Å². The Kier molecular flexibility index (Phi) is 6.50. The number of hydrogen-bond donors (Lipinski definition) is 1. The van der Waals surface area contributed by atoms with Crippen molar-refractivity contribution in [1.29, 1.82) is 0 Å². The molecule has 1 saturated carbocycles. The molecule has 2 aromatic heterocycles. The predicted octanol–water partition coefficient (Wildman–Crippen LogP) is 5.07. The average Bonchev–Trinajstić information content (AvgIpc) is 3.59. The van der Waals surface area contributed by atoms with E-state index in [4.69, 9.17) is 4.98 Å². The predicted molar refractivity (Wildman–Crippen MR) is 166 cm³/mol. The molecule has 216 valence electrons. The Morgan fingerprint density at radius 1 is 1.05 bits per heavy atom. The van der Waals surface area contributed by atoms with E-state index >= 15 is 0 Å². The molecule has 9 nitrogen and oxygen atoms in total. The molecule has 4 aromatic rings. The van der Waals surface area contributed by atoms with E-state index in [1.54, 1.807) is 10.9 Å². The van der Waals surface area contributed by atoms with Crippen LogP contribution < -0.4 is 15.8 Å². The van der Waals surface area contributed by atoms with Crippen molar-refractivity contribution >= 4 is 34.3 Å². The summed E-state index contributed by atoms with van der Waals surface area (Å²) in [5.41, 5.74) is 7.18. The molecule has 0 bridgehead atoms. The minimum atomic E-state index is -0.147. The van der Waals surface area contributed by atoms with Crippen LogP contribution in [0.15, 0.2) is 59.5 Å². The van der Waals surface area contributed by atoms with Crippen LogP contribution in [0.25, 0.3) is 16.7 Å². The molecule has 0 unspecified atom stereocenters. The van der Waals surface area contributed by atoms with Gasteiger partial charge in [0.2, 0.25) is 11.9 Å². The molecular weight excluding hydrogens is 526 g/mol. The number of likely N-dealkylation sites (N-methyl/N-ethyl adjacent to an activating group) is 1. The first-order chi connectivity index (χ1) is 20.4. The van der Waals surface area contributed by atoms with Crippen molar-refractivity contribution in [3.8, 4) is 5.69 Å². The molecule has 2 aromatic carbocycles. The Balaban J connectivity index is 1.30. The highest BCUT2D eigenvalue weighted by atomic mass is 16.2. The summed E-state index contributed by atoms with van der Waals surface area (Å²) in [6.45, 7) is 7.27. The van der Waals surface area contributed by atoms with Gasteiger partial charge in [-0.2, -0.15) is 4.98 Å². The van der Waals surface area contributed by atoms with Crippen molar-refractivity contribution < 1.29 is 4.79 Å². The summed E-state index contributed by atoms with van der Waals surface area (Å²) in [5.74, 6) is 0.550. The smallest absolute Gasteiger partial charge is 0.278 e. The third-order valence-corrected chi connectivity index (χ3v) is 8.85. The summed E-state index contributed by atoms with van der Waals surface area (Å²) >= 11 is 0. The number of nitrogens with zero attached hydrogens (tertiary/aromatic N) is 6. The standard InChI is InChI=1S/C33H37N7O2/c1-4-6-7-15-39-31(42)26-19-34-32(35-24-9-11-27-23(16-24)20-37(3)21-33(27)12-13-33)36-30(26)40(39)25-10-8-22-17-29(41)38(14-5-2)28(22)18-25/h6-11,16,18-19H,4-5,12-15,17,20-21H2,1-3H3,(H,34,35,36)/b7-6-. The van der Waals surface area contributed by atoms with Crippen LogP contribution in [0.4, 0.5) is 17.3 Å². The van der Waals surface area contributed by atoms with E-state index < -0.39 is 0 Å². The number of amides is 1. The Hall–Kier alpha value is -4.24. The van der Waals surface area contributed by atoms with Gasteiger partial charge in [-0.25, -0.2) is 14.3 Å². The first kappa shape index (κ1) is 26.6. The second kappa shape index (κ2) is 10.2. The van der Waals surface area contributed by atoms with Gasteiger partial charge in [0.25, 0.3) is 5.56 Å². The Bertz CT molecular complexity index is 1800. The molecule has 1 aliphatic carbocycles. The molecule has 4 heterocycles. The molecule has 0 radical (unpaired) electrons. The quantitative estimate of drug-likeness (QED) is 0.301. The number of carbonyl (C=O) groups excluding carboxylic acids is 1. The van der Waals surface area contributed by atoms with Crippen LogP contribution in [0.5, 0.6) is 0 Å². The van der Waals surface area contributed by atoms with Crippen LogP contribution in [-0.4, -0.2) is 50.3 Å². The van der Waals surface area contributed by atoms with E-state index in [9.17, 15) is 9.59 Å². The minimum Gasteiger partial charge on any atom is -0.324 e. The molecule has 1 N–H and O–H groups in total. The molecule has 1 spiro atoms. The number of aromatic nitrogens is 4. The fourth-order valence-corrected chi connectivity index (χ4v) is 6.78. The highest BCUT2D eigenvalue weighted by Gasteiger charge is 2.48. The van der Waals surface area contributed by atoms with Crippen LogP contribution >= 0.6 is 0 Å². The third-order valence-electron chi connectivity index (χ3n) is 8.85. The molecule has 9 heteroatoms. The fourth-order valence-electron chi connectivity index (χ4n) is 6.78. The summed E-state index contributed by atoms with van der Waals surface area (Å²) in [6.07, 6.45) is 10.3. The molecule has 0 atom stereocenters. The first-order valence-corrected chi connectivity index (χ1v) is 15.1. The molecule has 1 amide bonds. The van der Waals surface area contributed by atoms with Crippen molar-refractivity contribution in [3.63, 3.8) is 0 Å². The van der Waals surface area contributed by atoms with Crippen molar-refractivity contribution in [2.45, 2.75) is 64.5 Å². The van der Waals surface area contributed by atoms with Gasteiger partial charge in [0.1, 0.15) is 5.39 Å². The van der Waals surface area contributed by atoms with Crippen molar-refractivity contribution in [2.75, 3.05) is 30.4 Å². The lowest BCUT2D eigenvalue weighted by Gasteiger charge is -2.32. The van der Waals surface area contributed by atoms with Gasteiger partial charge in [0, 0.05) is 42.6 Å². The lowest BCUT2D eigenvalue weighted by molar-refractivity contribution is -0.117. The SMILES string of the molecule is CC/C=C\Cn1c(=O)c2cnc(Nc3ccc4c(c3)CN(C)CC43CC3)nc2n1-c1ccc2c(c1)N(CCC)C(=O)C2. The zero-order chi connectivity index (χ0) is 29.0. The van der Waals surface area contributed by atoms with Crippen LogP contribution in [0, 0.1) is 0 Å². The number of benzene rings is 2. The van der Waals surface area contributed by atoms with Gasteiger partial charge < -0.3 is 15.1 Å². The zero-order valence-electron chi connectivity index (χ0n) is 24.6. The maximum atomic E-state index is 13.6. The van der Waals surface area contributed by atoms with Crippen LogP contribution in [-0.2, 0) is 29.7 Å². The second-order valence-electron chi connectivity index (χ2n) is 12.0. The number of rotatable bonds is 8. The second-order valence-corrected chi connectivity index (χ2v) is 12.0. The summed E-state index contributed by atoms with van der Waals surface area (Å²) in [4.78, 5) is 40.1. The van der Waals surface area contributed by atoms with E-state index in [1.165, 1.54) is 24.0 Å². The third kappa shape index (κ3) is 4.43. The lowest BCUT2D eigenvalue weighted by Crippen LogP contribution is -2.35. The molecule has 0 saturated heterocycles. The van der Waals surface area contributed by atoms with Gasteiger partial charge in [-0.3, -0.25) is 9.59 Å². The normalized spacial score (nSPS) is 17.4. The number of anilines is 3. The van der Waals surface area contributed by atoms with Gasteiger partial charge in [0.15, 0.2) is 5.65 Å². The molecule has 7 rings (SSSR count). The van der Waals surface area contributed by atoms with Gasteiger partial charge >= 0.3 is 0 Å². The Labute approximate surface area is 245 Å². The van der Waals surface area contributed by atoms with Crippen molar-refractivity contribution in [3.05, 3.63) is 81.8 Å². The average molecular weight is 564 g/mol. The molecule has 2 aliphatic heterocycles. The van der Waals surface area contributed by atoms with Crippen LogP contribution in [0.3, 0.4) is 0 Å². The van der Waals surface area contributed by atoms with E-state index in [2.05, 4.69) is 60.4 Å². The number of fused-ring (bicyclic) bond motifs is 4. The number of hydrogen-bond acceptors (Lipinski definition) is 6. The molecule has 3 aliphatic rings. The lowest BCUT2D eigenvalue weighted by atomic mass is 9.87. The summed E-state index contributed by atoms with van der Waals surface area (Å²) in [7, 11) is 2.19. The van der Waals surface area contributed by atoms with E-state index in [0.717, 1.165) is 48.6 Å². The van der Waals surface area contributed by atoms with E-state index in [1.807, 2.05) is 33.9 Å². The number of nitrogens with one attached hydrogen (secondary N) is 1. The summed E-state index contributed by atoms with van der Waals surface area (Å²) < 4.78 is 3.57. The number of carbonyl (C=O) groups is 1. The molecule has 1 fully saturated rings. The van der Waals surface area contributed by atoms with Crippen LogP contribution in [0.2, 0.25) is 0 Å². The van der Waals surface area contributed by atoms with Gasteiger partial charge in [-0.05, 0) is 73.7 Å². The highest BCUT2D eigenvalue weighted by Crippen LogP contribution is 2.52. The fraction of sp³-hybridized carbons (Fsp3) is 0.394. The maximum Gasteiger partial charge on any atom is 0.278 e. The summed E-state index contributed by atoms with van der Waals surface area (Å²) in [6, 6.07) is 12.6. The largest absolute Gasteiger partial charge is 0.324 e.